The molecule has 0 N–H and O–H groups in total. The summed E-state index contributed by atoms with van der Waals surface area (Å²) in [7, 11) is 0. The highest BCUT2D eigenvalue weighted by molar-refractivity contribution is 5.13. The Kier molecular flexibility index (Phi) is 4.00. The summed E-state index contributed by atoms with van der Waals surface area (Å²) < 4.78 is 6.02. The zero-order chi connectivity index (χ0) is 14.1. The lowest BCUT2D eigenvalue weighted by Gasteiger charge is -2.59. The third-order valence-electron chi connectivity index (χ3n) is 3.88. The summed E-state index contributed by atoms with van der Waals surface area (Å²) in [5.41, 5.74) is 0.467. The Morgan fingerprint density at radius 3 is 2.16 bits per heavy atom. The minimum atomic E-state index is -0.358. The van der Waals surface area contributed by atoms with Gasteiger partial charge in [0, 0.05) is 11.1 Å². The molecule has 19 heavy (non-hydrogen) atoms. The van der Waals surface area contributed by atoms with Crippen LogP contribution in [0.5, 0.6) is 0 Å². The van der Waals surface area contributed by atoms with E-state index in [2.05, 4.69) is 12.1 Å². The van der Waals surface area contributed by atoms with Crippen molar-refractivity contribution in [2.45, 2.75) is 64.3 Å². The van der Waals surface area contributed by atoms with Crippen molar-refractivity contribution < 1.29 is 4.74 Å². The van der Waals surface area contributed by atoms with Crippen LogP contribution in [-0.4, -0.2) is 22.2 Å². The number of nitrogens with zero attached hydrogens (tertiary/aromatic N) is 1. The van der Waals surface area contributed by atoms with Crippen LogP contribution < -0.4 is 0 Å². The normalized spacial score (nSPS) is 23.4. The van der Waals surface area contributed by atoms with Gasteiger partial charge in [0.2, 0.25) is 0 Å². The molecule has 3 heteroatoms. The van der Waals surface area contributed by atoms with E-state index >= 15 is 0 Å². The quantitative estimate of drug-likeness (QED) is 0.832. The Hall–Kier alpha value is -0.900. The van der Waals surface area contributed by atoms with E-state index in [9.17, 15) is 5.21 Å². The van der Waals surface area contributed by atoms with Gasteiger partial charge in [-0.15, -0.1) is 0 Å². The molecule has 0 bridgehead atoms. The third kappa shape index (κ3) is 3.35. The van der Waals surface area contributed by atoms with E-state index in [0.717, 1.165) is 12.8 Å². The molecule has 0 spiro atoms. The molecule has 0 saturated carbocycles. The maximum atomic E-state index is 12.2. The van der Waals surface area contributed by atoms with Crippen molar-refractivity contribution >= 4 is 0 Å². The van der Waals surface area contributed by atoms with E-state index < -0.39 is 0 Å². The standard InChI is InChI=1S/C16H24NO2/c1-15(2)10-14(11-16(3,4)17(15)18)19-12-13-8-6-5-7-9-13/h5-9,14H,10-12H2,1-4H3/q-1. The van der Waals surface area contributed by atoms with E-state index in [1.54, 1.807) is 0 Å². The fraction of sp³-hybridized carbons (Fsp3) is 0.625. The highest BCUT2D eigenvalue weighted by Gasteiger charge is 2.40. The summed E-state index contributed by atoms with van der Waals surface area (Å²) in [4.78, 5) is 0. The van der Waals surface area contributed by atoms with Crippen molar-refractivity contribution in [1.82, 2.24) is 5.06 Å². The van der Waals surface area contributed by atoms with Crippen LogP contribution in [0, 0.1) is 5.21 Å². The number of hydrogen-bond acceptors (Lipinski definition) is 3. The lowest BCUT2D eigenvalue weighted by Crippen LogP contribution is -2.59. The molecule has 3 nitrogen and oxygen atoms in total. The van der Waals surface area contributed by atoms with Crippen LogP contribution in [0.25, 0.3) is 0 Å². The Morgan fingerprint density at radius 2 is 1.63 bits per heavy atom. The van der Waals surface area contributed by atoms with Gasteiger partial charge in [-0.3, -0.25) is 0 Å². The third-order valence-corrected chi connectivity index (χ3v) is 3.88. The molecular formula is C16H24NO2-. The second-order valence-corrected chi connectivity index (χ2v) is 6.75. The van der Waals surface area contributed by atoms with Crippen LogP contribution in [0.1, 0.15) is 46.1 Å². The van der Waals surface area contributed by atoms with Crippen molar-refractivity contribution in [2.75, 3.05) is 0 Å². The zero-order valence-corrected chi connectivity index (χ0v) is 12.3. The molecule has 0 aliphatic carbocycles. The molecule has 0 amide bonds. The van der Waals surface area contributed by atoms with E-state index in [-0.39, 0.29) is 17.2 Å². The summed E-state index contributed by atoms with van der Waals surface area (Å²) in [5.74, 6) is 0. The molecule has 0 unspecified atom stereocenters. The van der Waals surface area contributed by atoms with Crippen LogP contribution in [0.15, 0.2) is 30.3 Å². The predicted octanol–water partition coefficient (Wildman–Crippen LogP) is 3.72. The average Bonchev–Trinajstić information content (AvgIpc) is 2.34. The van der Waals surface area contributed by atoms with Crippen LogP contribution in [0.3, 0.4) is 0 Å². The van der Waals surface area contributed by atoms with Gasteiger partial charge in [-0.1, -0.05) is 30.3 Å². The Labute approximate surface area is 116 Å². The van der Waals surface area contributed by atoms with Crippen molar-refractivity contribution in [3.63, 3.8) is 0 Å². The van der Waals surface area contributed by atoms with Crippen LogP contribution in [0.2, 0.25) is 0 Å². The van der Waals surface area contributed by atoms with Gasteiger partial charge in [0.05, 0.1) is 12.7 Å². The first-order valence-corrected chi connectivity index (χ1v) is 6.94. The number of ether oxygens (including phenoxy) is 1. The summed E-state index contributed by atoms with van der Waals surface area (Å²) in [6.07, 6.45) is 1.72. The van der Waals surface area contributed by atoms with E-state index in [0.29, 0.717) is 6.61 Å². The maximum Gasteiger partial charge on any atom is 0.0720 e. The lowest BCUT2D eigenvalue weighted by atomic mass is 9.80. The number of piperidine rings is 1. The molecule has 0 aromatic heterocycles. The fourth-order valence-electron chi connectivity index (χ4n) is 3.08. The largest absolute Gasteiger partial charge is 0.784 e. The molecule has 2 rings (SSSR count). The monoisotopic (exact) mass is 262 g/mol. The van der Waals surface area contributed by atoms with Gasteiger partial charge < -0.3 is 15.0 Å². The first-order valence-electron chi connectivity index (χ1n) is 6.94. The maximum absolute atomic E-state index is 12.2. The highest BCUT2D eigenvalue weighted by atomic mass is 16.5. The van der Waals surface area contributed by atoms with Crippen LogP contribution >= 0.6 is 0 Å². The second-order valence-electron chi connectivity index (χ2n) is 6.75. The minimum absolute atomic E-state index is 0.149. The summed E-state index contributed by atoms with van der Waals surface area (Å²) in [6, 6.07) is 10.2. The van der Waals surface area contributed by atoms with Crippen molar-refractivity contribution in [3.05, 3.63) is 41.1 Å². The van der Waals surface area contributed by atoms with Crippen molar-refractivity contribution in [1.29, 1.82) is 0 Å². The van der Waals surface area contributed by atoms with Crippen molar-refractivity contribution in [2.24, 2.45) is 0 Å². The Morgan fingerprint density at radius 1 is 1.11 bits per heavy atom. The zero-order valence-electron chi connectivity index (χ0n) is 12.3. The number of hydroxylamine groups is 2. The highest BCUT2D eigenvalue weighted by Crippen LogP contribution is 2.38. The van der Waals surface area contributed by atoms with Gasteiger partial charge in [-0.25, -0.2) is 0 Å². The van der Waals surface area contributed by atoms with Gasteiger partial charge in [-0.05, 0) is 46.1 Å². The van der Waals surface area contributed by atoms with Gasteiger partial charge >= 0.3 is 0 Å². The van der Waals surface area contributed by atoms with Crippen LogP contribution in [-0.2, 0) is 11.3 Å². The van der Waals surface area contributed by atoms with Gasteiger partial charge in [0.15, 0.2) is 0 Å². The second kappa shape index (κ2) is 5.23. The molecule has 1 heterocycles. The number of rotatable bonds is 3. The molecule has 1 aromatic carbocycles. The Balaban J connectivity index is 1.98. The molecule has 1 aliphatic heterocycles. The van der Waals surface area contributed by atoms with Gasteiger partial charge in [-0.2, -0.15) is 0 Å². The predicted molar refractivity (Wildman–Crippen MR) is 77.6 cm³/mol. The Bertz CT molecular complexity index is 396. The molecular weight excluding hydrogens is 238 g/mol. The summed E-state index contributed by atoms with van der Waals surface area (Å²) in [5, 5.41) is 13.5. The van der Waals surface area contributed by atoms with Gasteiger partial charge in [0.25, 0.3) is 0 Å². The average molecular weight is 262 g/mol. The molecule has 1 aliphatic rings. The number of benzene rings is 1. The van der Waals surface area contributed by atoms with Gasteiger partial charge in [0.1, 0.15) is 0 Å². The smallest absolute Gasteiger partial charge is 0.0720 e. The molecule has 1 aromatic rings. The summed E-state index contributed by atoms with van der Waals surface area (Å²) in [6.45, 7) is 8.62. The molecule has 0 radical (unpaired) electrons. The lowest BCUT2D eigenvalue weighted by molar-refractivity contribution is -0.0862. The number of hydrogen-bond donors (Lipinski definition) is 0. The molecule has 1 saturated heterocycles. The topological polar surface area (TPSA) is 35.5 Å². The molecule has 0 atom stereocenters. The molecule has 106 valence electrons. The first kappa shape index (κ1) is 14.5. The van der Waals surface area contributed by atoms with Crippen molar-refractivity contribution in [3.8, 4) is 0 Å². The van der Waals surface area contributed by atoms with E-state index in [1.807, 2.05) is 45.9 Å². The van der Waals surface area contributed by atoms with Crippen LogP contribution in [0.4, 0.5) is 0 Å². The summed E-state index contributed by atoms with van der Waals surface area (Å²) >= 11 is 0. The first-order chi connectivity index (χ1) is 8.81. The van der Waals surface area contributed by atoms with E-state index in [1.165, 1.54) is 10.6 Å². The van der Waals surface area contributed by atoms with E-state index in [4.69, 9.17) is 4.74 Å². The fourth-order valence-corrected chi connectivity index (χ4v) is 3.08. The minimum Gasteiger partial charge on any atom is -0.784 e. The molecule has 1 fully saturated rings. The SMILES string of the molecule is CC1(C)CC(OCc2ccccc2)CC(C)(C)N1[O-].